The van der Waals surface area contributed by atoms with Crippen LogP contribution in [0.3, 0.4) is 0 Å². The Kier molecular flexibility index (Phi) is 3.91. The number of hydrogen-bond donors (Lipinski definition) is 1. The zero-order valence-electron chi connectivity index (χ0n) is 10.3. The zero-order chi connectivity index (χ0) is 14.0. The third kappa shape index (κ3) is 2.96. The Morgan fingerprint density at radius 3 is 2.68 bits per heavy atom. The van der Waals surface area contributed by atoms with E-state index in [4.69, 9.17) is 5.11 Å². The van der Waals surface area contributed by atoms with Gasteiger partial charge < -0.3 is 10.0 Å². The van der Waals surface area contributed by atoms with Gasteiger partial charge in [-0.1, -0.05) is 11.3 Å². The number of Topliss-reactive ketones (excluding diaryl/α,β-unsaturated/α-hetero) is 1. The van der Waals surface area contributed by atoms with Crippen molar-refractivity contribution in [3.8, 4) is 0 Å². The van der Waals surface area contributed by atoms with Gasteiger partial charge in [-0.25, -0.2) is 14.8 Å². The number of carboxylic acid groups (broad SMARTS) is 1. The molecule has 0 bridgehead atoms. The van der Waals surface area contributed by atoms with Crippen molar-refractivity contribution in [2.45, 2.75) is 13.5 Å². The van der Waals surface area contributed by atoms with Crippen molar-refractivity contribution in [2.24, 2.45) is 0 Å². The summed E-state index contributed by atoms with van der Waals surface area (Å²) in [6.07, 6.45) is 0. The summed E-state index contributed by atoms with van der Waals surface area (Å²) in [5.41, 5.74) is 2.43. The van der Waals surface area contributed by atoms with E-state index in [9.17, 15) is 9.59 Å². The van der Waals surface area contributed by atoms with Gasteiger partial charge in [0.1, 0.15) is 4.88 Å². The molecule has 0 aliphatic carbocycles. The van der Waals surface area contributed by atoms with Crippen LogP contribution in [0.4, 0.5) is 5.13 Å². The van der Waals surface area contributed by atoms with Crippen LogP contribution in [0.2, 0.25) is 0 Å². The van der Waals surface area contributed by atoms with Crippen molar-refractivity contribution in [3.05, 3.63) is 27.2 Å². The van der Waals surface area contributed by atoms with E-state index in [0.717, 1.165) is 17.0 Å². The number of aromatic carboxylic acids is 1. The van der Waals surface area contributed by atoms with Gasteiger partial charge in [-0.05, 0) is 0 Å². The molecule has 0 saturated heterocycles. The molecule has 0 aliphatic heterocycles. The molecule has 0 fully saturated rings. The molecule has 0 radical (unpaired) electrons. The third-order valence-corrected chi connectivity index (χ3v) is 4.25. The fourth-order valence-corrected chi connectivity index (χ4v) is 2.94. The number of ketones is 1. The molecule has 100 valence electrons. The normalized spacial score (nSPS) is 10.4. The van der Waals surface area contributed by atoms with Crippen LogP contribution in [0, 0.1) is 0 Å². The van der Waals surface area contributed by atoms with Gasteiger partial charge in [0, 0.05) is 19.4 Å². The van der Waals surface area contributed by atoms with Crippen LogP contribution >= 0.6 is 22.7 Å². The first-order chi connectivity index (χ1) is 8.99. The van der Waals surface area contributed by atoms with Crippen LogP contribution in [0.5, 0.6) is 0 Å². The predicted molar refractivity (Wildman–Crippen MR) is 73.3 cm³/mol. The van der Waals surface area contributed by atoms with E-state index in [1.54, 1.807) is 17.5 Å². The molecule has 2 aromatic rings. The summed E-state index contributed by atoms with van der Waals surface area (Å²) in [6.45, 7) is 1.86. The predicted octanol–water partition coefficient (Wildman–Crippen LogP) is 2.14. The monoisotopic (exact) mass is 297 g/mol. The topological polar surface area (TPSA) is 83.4 Å². The molecule has 2 aromatic heterocycles. The zero-order valence-corrected chi connectivity index (χ0v) is 11.9. The maximum atomic E-state index is 11.4. The number of hydrogen-bond acceptors (Lipinski definition) is 7. The number of anilines is 1. The number of carbonyl (C=O) groups is 2. The molecule has 0 saturated carbocycles. The van der Waals surface area contributed by atoms with Crippen molar-refractivity contribution in [1.82, 2.24) is 9.97 Å². The van der Waals surface area contributed by atoms with Crippen LogP contribution in [-0.4, -0.2) is 33.9 Å². The summed E-state index contributed by atoms with van der Waals surface area (Å²) >= 11 is 2.58. The van der Waals surface area contributed by atoms with Gasteiger partial charge in [-0.15, -0.1) is 11.3 Å². The Morgan fingerprint density at radius 1 is 1.47 bits per heavy atom. The molecule has 1 N–H and O–H groups in total. The molecule has 19 heavy (non-hydrogen) atoms. The van der Waals surface area contributed by atoms with Gasteiger partial charge in [0.15, 0.2) is 16.6 Å². The summed E-state index contributed by atoms with van der Waals surface area (Å²) in [5, 5.41) is 11.4. The van der Waals surface area contributed by atoms with Gasteiger partial charge in [-0.3, -0.25) is 4.79 Å². The van der Waals surface area contributed by atoms with Crippen molar-refractivity contribution >= 4 is 39.6 Å². The fourth-order valence-electron chi connectivity index (χ4n) is 1.48. The van der Waals surface area contributed by atoms with Crippen molar-refractivity contribution in [1.29, 1.82) is 0 Å². The lowest BCUT2D eigenvalue weighted by atomic mass is 10.3. The maximum absolute atomic E-state index is 11.4. The van der Waals surface area contributed by atoms with E-state index in [2.05, 4.69) is 9.97 Å². The lowest BCUT2D eigenvalue weighted by molar-refractivity contribution is 0.0687. The second kappa shape index (κ2) is 5.45. The average molecular weight is 297 g/mol. The minimum absolute atomic E-state index is 0.174. The largest absolute Gasteiger partial charge is 0.476 e. The second-order valence-electron chi connectivity index (χ2n) is 3.87. The second-order valence-corrected chi connectivity index (χ2v) is 5.57. The highest BCUT2D eigenvalue weighted by Gasteiger charge is 2.22. The lowest BCUT2D eigenvalue weighted by Crippen LogP contribution is -2.16. The van der Waals surface area contributed by atoms with E-state index in [-0.39, 0.29) is 16.4 Å². The Morgan fingerprint density at radius 2 is 2.21 bits per heavy atom. The molecule has 0 amide bonds. The SMILES string of the molecule is CC(=O)c1sc(N(C)Cc2cscn2)nc1C(=O)O. The van der Waals surface area contributed by atoms with E-state index < -0.39 is 5.97 Å². The first-order valence-corrected chi connectivity index (χ1v) is 7.08. The number of rotatable bonds is 5. The Bertz CT molecular complexity index is 575. The lowest BCUT2D eigenvalue weighted by Gasteiger charge is -2.13. The van der Waals surface area contributed by atoms with Crippen molar-refractivity contribution < 1.29 is 14.7 Å². The summed E-state index contributed by atoms with van der Waals surface area (Å²) < 4.78 is 0. The average Bonchev–Trinajstić information content (AvgIpc) is 2.96. The number of carbonyl (C=O) groups excluding carboxylic acids is 1. The highest BCUT2D eigenvalue weighted by Crippen LogP contribution is 2.27. The first-order valence-electron chi connectivity index (χ1n) is 5.32. The Labute approximate surface area is 117 Å². The molecule has 8 heteroatoms. The van der Waals surface area contributed by atoms with E-state index in [0.29, 0.717) is 11.7 Å². The summed E-state index contributed by atoms with van der Waals surface area (Å²) in [6, 6.07) is 0. The van der Waals surface area contributed by atoms with Gasteiger partial charge >= 0.3 is 5.97 Å². The summed E-state index contributed by atoms with van der Waals surface area (Å²) in [5.74, 6) is -1.47. The molecule has 0 aliphatic rings. The smallest absolute Gasteiger partial charge is 0.356 e. The van der Waals surface area contributed by atoms with Crippen LogP contribution in [0.25, 0.3) is 0 Å². The summed E-state index contributed by atoms with van der Waals surface area (Å²) in [7, 11) is 1.79. The number of nitrogens with zero attached hydrogens (tertiary/aromatic N) is 3. The van der Waals surface area contributed by atoms with E-state index >= 15 is 0 Å². The number of aromatic nitrogens is 2. The molecular formula is C11H11N3O3S2. The minimum Gasteiger partial charge on any atom is -0.476 e. The third-order valence-electron chi connectivity index (χ3n) is 2.35. The molecule has 0 spiro atoms. The van der Waals surface area contributed by atoms with Gasteiger partial charge in [0.05, 0.1) is 17.7 Å². The number of thiazole rings is 2. The highest BCUT2D eigenvalue weighted by molar-refractivity contribution is 7.17. The molecule has 6 nitrogen and oxygen atoms in total. The highest BCUT2D eigenvalue weighted by atomic mass is 32.1. The van der Waals surface area contributed by atoms with Crippen molar-refractivity contribution in [2.75, 3.05) is 11.9 Å². The van der Waals surface area contributed by atoms with Crippen LogP contribution in [0.1, 0.15) is 32.8 Å². The molecular weight excluding hydrogens is 286 g/mol. The Hall–Kier alpha value is -1.80. The van der Waals surface area contributed by atoms with Crippen LogP contribution in [0.15, 0.2) is 10.9 Å². The number of carboxylic acids is 1. The fraction of sp³-hybridized carbons (Fsp3) is 0.273. The minimum atomic E-state index is -1.19. The quantitative estimate of drug-likeness (QED) is 0.851. The standard InChI is InChI=1S/C11H11N3O3S2/c1-6(15)9-8(10(16)17)13-11(19-9)14(2)3-7-4-18-5-12-7/h4-5H,3H2,1-2H3,(H,16,17). The maximum Gasteiger partial charge on any atom is 0.356 e. The van der Waals surface area contributed by atoms with E-state index in [1.165, 1.54) is 18.3 Å². The molecule has 0 unspecified atom stereocenters. The first kappa shape index (κ1) is 13.6. The van der Waals surface area contributed by atoms with Gasteiger partial charge in [0.25, 0.3) is 0 Å². The Balaban J connectivity index is 2.27. The van der Waals surface area contributed by atoms with Gasteiger partial charge in [0.2, 0.25) is 0 Å². The molecule has 2 heterocycles. The summed E-state index contributed by atoms with van der Waals surface area (Å²) in [4.78, 5) is 32.6. The van der Waals surface area contributed by atoms with Gasteiger partial charge in [-0.2, -0.15) is 0 Å². The van der Waals surface area contributed by atoms with Crippen LogP contribution < -0.4 is 4.90 Å². The van der Waals surface area contributed by atoms with Crippen LogP contribution in [-0.2, 0) is 6.54 Å². The van der Waals surface area contributed by atoms with Crippen molar-refractivity contribution in [3.63, 3.8) is 0 Å². The molecule has 2 rings (SSSR count). The molecule has 0 aromatic carbocycles. The molecule has 0 atom stereocenters. The van der Waals surface area contributed by atoms with E-state index in [1.807, 2.05) is 5.38 Å².